The van der Waals surface area contributed by atoms with Gasteiger partial charge in [0, 0.05) is 36.8 Å². The van der Waals surface area contributed by atoms with Crippen LogP contribution in [0.5, 0.6) is 11.5 Å². The van der Waals surface area contributed by atoms with Crippen LogP contribution in [0.2, 0.25) is 0 Å². The molecule has 3 N–H and O–H groups in total. The number of ether oxygens (including phenoxy) is 2. The summed E-state index contributed by atoms with van der Waals surface area (Å²) in [4.78, 5) is 23.6. The fourth-order valence-corrected chi connectivity index (χ4v) is 3.53. The second-order valence-electron chi connectivity index (χ2n) is 6.15. The third-order valence-electron chi connectivity index (χ3n) is 4.12. The van der Waals surface area contributed by atoms with Crippen molar-refractivity contribution in [2.24, 2.45) is 0 Å². The Bertz CT molecular complexity index is 990. The van der Waals surface area contributed by atoms with Crippen molar-refractivity contribution in [3.05, 3.63) is 48.0 Å². The Morgan fingerprint density at radius 1 is 0.933 bits per heavy atom. The topological polar surface area (TPSA) is 123 Å². The first-order valence-electron chi connectivity index (χ1n) is 9.20. The van der Waals surface area contributed by atoms with E-state index >= 15 is 0 Å². The van der Waals surface area contributed by atoms with Gasteiger partial charge in [0.15, 0.2) is 11.5 Å². The van der Waals surface area contributed by atoms with E-state index < -0.39 is 10.0 Å². The highest BCUT2D eigenvalue weighted by atomic mass is 32.2. The first-order valence-corrected chi connectivity index (χ1v) is 10.7. The number of amides is 2. The van der Waals surface area contributed by atoms with Crippen molar-refractivity contribution < 1.29 is 27.5 Å². The van der Waals surface area contributed by atoms with E-state index in [-0.39, 0.29) is 29.8 Å². The van der Waals surface area contributed by atoms with Gasteiger partial charge in [0.2, 0.25) is 15.9 Å². The Morgan fingerprint density at radius 2 is 1.60 bits per heavy atom. The van der Waals surface area contributed by atoms with Crippen LogP contribution >= 0.6 is 0 Å². The van der Waals surface area contributed by atoms with E-state index in [4.69, 9.17) is 9.47 Å². The summed E-state index contributed by atoms with van der Waals surface area (Å²) in [5, 5.41) is 5.33. The largest absolute Gasteiger partial charge is 0.493 e. The molecule has 2 amide bonds. The molecule has 0 aliphatic carbocycles. The van der Waals surface area contributed by atoms with Gasteiger partial charge in [-0.15, -0.1) is 0 Å². The summed E-state index contributed by atoms with van der Waals surface area (Å²) in [6.45, 7) is 1.85. The standard InChI is InChI=1S/C20H25N3O6S/c1-4-19(24)23-15-7-5-14(6-8-15)20(25)21-11-12-22-30(26,27)16-9-10-17(28-2)18(13-16)29-3/h5-10,13,22H,4,11-12H2,1-3H3,(H,21,25)(H,23,24). The lowest BCUT2D eigenvalue weighted by Gasteiger charge is -2.11. The molecule has 0 radical (unpaired) electrons. The molecule has 10 heteroatoms. The van der Waals surface area contributed by atoms with Gasteiger partial charge in [-0.25, -0.2) is 13.1 Å². The van der Waals surface area contributed by atoms with E-state index in [9.17, 15) is 18.0 Å². The number of carbonyl (C=O) groups excluding carboxylic acids is 2. The summed E-state index contributed by atoms with van der Waals surface area (Å²) >= 11 is 0. The Labute approximate surface area is 175 Å². The highest BCUT2D eigenvalue weighted by Crippen LogP contribution is 2.29. The first-order chi connectivity index (χ1) is 14.3. The molecule has 0 unspecified atom stereocenters. The first kappa shape index (κ1) is 23.2. The zero-order valence-corrected chi connectivity index (χ0v) is 17.8. The lowest BCUT2D eigenvalue weighted by atomic mass is 10.2. The van der Waals surface area contributed by atoms with Crippen molar-refractivity contribution in [3.8, 4) is 11.5 Å². The molecule has 0 aromatic heterocycles. The van der Waals surface area contributed by atoms with Crippen molar-refractivity contribution in [3.63, 3.8) is 0 Å². The fourth-order valence-electron chi connectivity index (χ4n) is 2.48. The Hall–Kier alpha value is -3.11. The number of nitrogens with one attached hydrogen (secondary N) is 3. The molecule has 0 fully saturated rings. The Kier molecular flexibility index (Phi) is 8.19. The molecule has 0 atom stereocenters. The molecule has 0 aliphatic rings. The smallest absolute Gasteiger partial charge is 0.251 e. The van der Waals surface area contributed by atoms with Gasteiger partial charge in [-0.3, -0.25) is 9.59 Å². The molecular weight excluding hydrogens is 410 g/mol. The Morgan fingerprint density at radius 3 is 2.20 bits per heavy atom. The van der Waals surface area contributed by atoms with Crippen molar-refractivity contribution in [1.82, 2.24) is 10.0 Å². The molecule has 0 saturated carbocycles. The number of hydrogen-bond donors (Lipinski definition) is 3. The second-order valence-corrected chi connectivity index (χ2v) is 7.92. The number of rotatable bonds is 10. The van der Waals surface area contributed by atoms with Crippen molar-refractivity contribution in [1.29, 1.82) is 0 Å². The van der Waals surface area contributed by atoms with Gasteiger partial charge in [0.25, 0.3) is 5.91 Å². The molecule has 0 heterocycles. The highest BCUT2D eigenvalue weighted by molar-refractivity contribution is 7.89. The quantitative estimate of drug-likeness (QED) is 0.489. The van der Waals surface area contributed by atoms with Crippen LogP contribution in [0.4, 0.5) is 5.69 Å². The molecule has 0 spiro atoms. The number of carbonyl (C=O) groups is 2. The molecule has 9 nitrogen and oxygen atoms in total. The summed E-state index contributed by atoms with van der Waals surface area (Å²) in [6.07, 6.45) is 0.363. The van der Waals surface area contributed by atoms with Gasteiger partial charge >= 0.3 is 0 Å². The van der Waals surface area contributed by atoms with Crippen molar-refractivity contribution in [2.75, 3.05) is 32.6 Å². The van der Waals surface area contributed by atoms with Crippen LogP contribution < -0.4 is 24.8 Å². The summed E-state index contributed by atoms with van der Waals surface area (Å²) in [5.41, 5.74) is 0.994. The zero-order chi connectivity index (χ0) is 22.1. The van der Waals surface area contributed by atoms with Crippen LogP contribution in [0.1, 0.15) is 23.7 Å². The minimum absolute atomic E-state index is 0.00700. The number of benzene rings is 2. The summed E-state index contributed by atoms with van der Waals surface area (Å²) < 4.78 is 37.5. The molecular formula is C20H25N3O6S. The predicted octanol–water partition coefficient (Wildman–Crippen LogP) is 1.76. The van der Waals surface area contributed by atoms with Gasteiger partial charge in [-0.1, -0.05) is 6.92 Å². The lowest BCUT2D eigenvalue weighted by molar-refractivity contribution is -0.115. The highest BCUT2D eigenvalue weighted by Gasteiger charge is 2.16. The third kappa shape index (κ3) is 6.19. The van der Waals surface area contributed by atoms with Crippen molar-refractivity contribution in [2.45, 2.75) is 18.2 Å². The van der Waals surface area contributed by atoms with Crippen molar-refractivity contribution >= 4 is 27.5 Å². The van der Waals surface area contributed by atoms with Gasteiger partial charge in [0.05, 0.1) is 19.1 Å². The molecule has 0 saturated heterocycles. The maximum atomic E-state index is 12.4. The fraction of sp³-hybridized carbons (Fsp3) is 0.300. The Balaban J connectivity index is 1.88. The van der Waals surface area contributed by atoms with Crippen LogP contribution in [-0.2, 0) is 14.8 Å². The van der Waals surface area contributed by atoms with E-state index in [1.54, 1.807) is 31.2 Å². The second kappa shape index (κ2) is 10.6. The molecule has 2 aromatic carbocycles. The maximum Gasteiger partial charge on any atom is 0.251 e. The van der Waals surface area contributed by atoms with Gasteiger partial charge < -0.3 is 20.1 Å². The summed E-state index contributed by atoms with van der Waals surface area (Å²) in [5.74, 6) is 0.249. The maximum absolute atomic E-state index is 12.4. The van der Waals surface area contributed by atoms with Crippen LogP contribution in [0.25, 0.3) is 0 Å². The minimum Gasteiger partial charge on any atom is -0.493 e. The van der Waals surface area contributed by atoms with Gasteiger partial charge in [-0.2, -0.15) is 0 Å². The average Bonchev–Trinajstić information content (AvgIpc) is 2.76. The van der Waals surface area contributed by atoms with E-state index in [0.717, 1.165) is 0 Å². The molecule has 162 valence electrons. The zero-order valence-electron chi connectivity index (χ0n) is 17.0. The van der Waals surface area contributed by atoms with Gasteiger partial charge in [-0.05, 0) is 36.4 Å². The SMILES string of the molecule is CCC(=O)Nc1ccc(C(=O)NCCNS(=O)(=O)c2ccc(OC)c(OC)c2)cc1. The molecule has 0 bridgehead atoms. The van der Waals surface area contributed by atoms with Gasteiger partial charge in [0.1, 0.15) is 0 Å². The predicted molar refractivity (Wildman–Crippen MR) is 112 cm³/mol. The van der Waals surface area contributed by atoms with Crippen LogP contribution in [0, 0.1) is 0 Å². The summed E-state index contributed by atoms with van der Waals surface area (Å²) in [6, 6.07) is 10.7. The van der Waals surface area contributed by atoms with Crippen LogP contribution in [0.3, 0.4) is 0 Å². The van der Waals surface area contributed by atoms with Crippen LogP contribution in [-0.4, -0.2) is 47.5 Å². The number of methoxy groups -OCH3 is 2. The van der Waals surface area contributed by atoms with E-state index in [2.05, 4.69) is 15.4 Å². The normalized spacial score (nSPS) is 10.9. The molecule has 2 aromatic rings. The number of sulfonamides is 1. The van der Waals surface area contributed by atoms with Crippen LogP contribution in [0.15, 0.2) is 47.4 Å². The number of anilines is 1. The molecule has 30 heavy (non-hydrogen) atoms. The summed E-state index contributed by atoms with van der Waals surface area (Å²) in [7, 11) is -0.899. The lowest BCUT2D eigenvalue weighted by Crippen LogP contribution is -2.34. The molecule has 2 rings (SSSR count). The van der Waals surface area contributed by atoms with E-state index in [0.29, 0.717) is 29.2 Å². The van der Waals surface area contributed by atoms with E-state index in [1.807, 2.05) is 0 Å². The van der Waals surface area contributed by atoms with E-state index in [1.165, 1.54) is 32.4 Å². The minimum atomic E-state index is -3.78. The monoisotopic (exact) mass is 435 g/mol. The molecule has 0 aliphatic heterocycles. The average molecular weight is 436 g/mol. The number of hydrogen-bond acceptors (Lipinski definition) is 6. The third-order valence-corrected chi connectivity index (χ3v) is 5.58.